The Morgan fingerprint density at radius 1 is 1.35 bits per heavy atom. The Balaban J connectivity index is 2.40. The molecular weight excluding hydrogens is 240 g/mol. The van der Waals surface area contributed by atoms with Crippen molar-refractivity contribution >= 4 is 5.91 Å². The monoisotopic (exact) mass is 256 g/mol. The van der Waals surface area contributed by atoms with Crippen LogP contribution in [0.15, 0.2) is 0 Å². The summed E-state index contributed by atoms with van der Waals surface area (Å²) in [6, 6.07) is 0. The maximum absolute atomic E-state index is 12.7. The largest absolute Gasteiger partial charge is 0.383 e. The Bertz CT molecular complexity index is 267. The number of alkyl halides is 4. The topological polar surface area (TPSA) is 23.6 Å². The maximum Gasteiger partial charge on any atom is 0.383 e. The molecule has 0 aromatic carbocycles. The molecule has 0 aliphatic carbocycles. The quantitative estimate of drug-likeness (QED) is 0.695. The van der Waals surface area contributed by atoms with Crippen molar-refractivity contribution in [2.45, 2.75) is 25.2 Å². The van der Waals surface area contributed by atoms with Crippen LogP contribution in [0.25, 0.3) is 0 Å². The van der Waals surface area contributed by atoms with Crippen LogP contribution in [-0.2, 0) is 4.79 Å². The number of likely N-dealkylation sites (tertiary alicyclic amines) is 1. The summed E-state index contributed by atoms with van der Waals surface area (Å²) in [6.45, 7) is 2.23. The molecule has 3 nitrogen and oxygen atoms in total. The number of hydrogen-bond donors (Lipinski definition) is 0. The van der Waals surface area contributed by atoms with Gasteiger partial charge in [0.1, 0.15) is 0 Å². The maximum atomic E-state index is 12.7. The molecule has 1 fully saturated rings. The molecular formula is C10H16F4N2O. The van der Waals surface area contributed by atoms with Crippen LogP contribution in [0.4, 0.5) is 17.6 Å². The second-order valence-corrected chi connectivity index (χ2v) is 4.20. The van der Waals surface area contributed by atoms with Crippen molar-refractivity contribution in [1.29, 1.82) is 0 Å². The Kier molecular flexibility index (Phi) is 4.73. The number of carbonyl (C=O) groups excluding carboxylic acids is 1. The van der Waals surface area contributed by atoms with Gasteiger partial charge < -0.3 is 9.80 Å². The van der Waals surface area contributed by atoms with Gasteiger partial charge in [-0.2, -0.15) is 8.78 Å². The Morgan fingerprint density at radius 3 is 2.35 bits per heavy atom. The van der Waals surface area contributed by atoms with Crippen LogP contribution in [0.3, 0.4) is 0 Å². The van der Waals surface area contributed by atoms with Crippen molar-refractivity contribution in [3.63, 3.8) is 0 Å². The van der Waals surface area contributed by atoms with E-state index in [0.29, 0.717) is 11.4 Å². The highest BCUT2D eigenvalue weighted by Gasteiger charge is 2.50. The van der Waals surface area contributed by atoms with Crippen LogP contribution in [-0.4, -0.2) is 61.3 Å². The average molecular weight is 256 g/mol. The highest BCUT2D eigenvalue weighted by molar-refractivity contribution is 5.83. The fourth-order valence-electron chi connectivity index (χ4n) is 1.75. The molecule has 7 heteroatoms. The van der Waals surface area contributed by atoms with Crippen LogP contribution < -0.4 is 0 Å². The fraction of sp³-hybridized carbons (Fsp3) is 0.900. The van der Waals surface area contributed by atoms with Gasteiger partial charge in [-0.25, -0.2) is 8.78 Å². The number of halogens is 4. The van der Waals surface area contributed by atoms with Gasteiger partial charge in [0.2, 0.25) is 0 Å². The SMILES string of the molecule is CN(CCN1CCCC1)C(=O)C(F)(F)C(F)F. The molecule has 1 amide bonds. The van der Waals surface area contributed by atoms with E-state index in [2.05, 4.69) is 0 Å². The van der Waals surface area contributed by atoms with E-state index in [4.69, 9.17) is 0 Å². The minimum absolute atomic E-state index is 0.0428. The summed E-state index contributed by atoms with van der Waals surface area (Å²) in [4.78, 5) is 13.8. The van der Waals surface area contributed by atoms with Crippen LogP contribution in [0.1, 0.15) is 12.8 Å². The molecule has 0 aromatic heterocycles. The number of nitrogens with zero attached hydrogens (tertiary/aromatic N) is 2. The van der Waals surface area contributed by atoms with Crippen molar-refractivity contribution in [3.05, 3.63) is 0 Å². The summed E-state index contributed by atoms with van der Waals surface area (Å²) in [7, 11) is 1.12. The van der Waals surface area contributed by atoms with E-state index >= 15 is 0 Å². The molecule has 0 atom stereocenters. The van der Waals surface area contributed by atoms with E-state index < -0.39 is 18.3 Å². The van der Waals surface area contributed by atoms with Crippen LogP contribution in [0.2, 0.25) is 0 Å². The van der Waals surface area contributed by atoms with Crippen molar-refractivity contribution in [3.8, 4) is 0 Å². The van der Waals surface area contributed by atoms with Gasteiger partial charge in [0.05, 0.1) is 0 Å². The van der Waals surface area contributed by atoms with Crippen LogP contribution >= 0.6 is 0 Å². The first-order chi connectivity index (χ1) is 7.85. The molecule has 1 saturated heterocycles. The molecule has 1 aliphatic heterocycles. The Labute approximate surface area is 97.4 Å². The summed E-state index contributed by atoms with van der Waals surface area (Å²) in [5, 5.41) is 0. The molecule has 1 rings (SSSR count). The standard InChI is InChI=1S/C10H16F4N2O/c1-15(6-7-16-4-2-3-5-16)9(17)10(13,14)8(11)12/h8H,2-7H2,1H3. The van der Waals surface area contributed by atoms with Crippen LogP contribution in [0.5, 0.6) is 0 Å². The number of hydrogen-bond acceptors (Lipinski definition) is 2. The molecule has 0 saturated carbocycles. The molecule has 100 valence electrons. The minimum Gasteiger partial charge on any atom is -0.339 e. The zero-order chi connectivity index (χ0) is 13.1. The van der Waals surface area contributed by atoms with Gasteiger partial charge in [-0.3, -0.25) is 4.79 Å². The molecule has 0 bridgehead atoms. The van der Waals surface area contributed by atoms with Crippen molar-refractivity contribution in [2.75, 3.05) is 33.2 Å². The molecule has 0 N–H and O–H groups in total. The lowest BCUT2D eigenvalue weighted by atomic mass is 10.3. The van der Waals surface area contributed by atoms with Gasteiger partial charge in [-0.15, -0.1) is 0 Å². The minimum atomic E-state index is -4.58. The van der Waals surface area contributed by atoms with Crippen LogP contribution in [0, 0.1) is 0 Å². The summed E-state index contributed by atoms with van der Waals surface area (Å²) < 4.78 is 49.4. The summed E-state index contributed by atoms with van der Waals surface area (Å²) >= 11 is 0. The highest BCUT2D eigenvalue weighted by Crippen LogP contribution is 2.24. The van der Waals surface area contributed by atoms with Gasteiger partial charge in [0.25, 0.3) is 5.91 Å². The highest BCUT2D eigenvalue weighted by atomic mass is 19.3. The zero-order valence-corrected chi connectivity index (χ0v) is 9.63. The molecule has 0 unspecified atom stereocenters. The molecule has 0 radical (unpaired) electrons. The second kappa shape index (κ2) is 5.66. The first-order valence-corrected chi connectivity index (χ1v) is 5.49. The molecule has 1 aliphatic rings. The third-order valence-electron chi connectivity index (χ3n) is 2.86. The van der Waals surface area contributed by atoms with E-state index in [1.165, 1.54) is 0 Å². The average Bonchev–Trinajstić information content (AvgIpc) is 2.77. The van der Waals surface area contributed by atoms with Gasteiger partial charge in [-0.1, -0.05) is 0 Å². The smallest absolute Gasteiger partial charge is 0.339 e. The summed E-state index contributed by atoms with van der Waals surface area (Å²) in [5.74, 6) is -6.40. The number of carbonyl (C=O) groups is 1. The first kappa shape index (κ1) is 14.2. The lowest BCUT2D eigenvalue weighted by molar-refractivity contribution is -0.179. The van der Waals surface area contributed by atoms with E-state index in [9.17, 15) is 22.4 Å². The molecule has 17 heavy (non-hydrogen) atoms. The van der Waals surface area contributed by atoms with E-state index in [0.717, 1.165) is 33.0 Å². The molecule has 1 heterocycles. The Morgan fingerprint density at radius 2 is 1.88 bits per heavy atom. The van der Waals surface area contributed by atoms with E-state index in [-0.39, 0.29) is 6.54 Å². The lowest BCUT2D eigenvalue weighted by Gasteiger charge is -2.25. The van der Waals surface area contributed by atoms with Crippen molar-refractivity contribution in [1.82, 2.24) is 9.80 Å². The van der Waals surface area contributed by atoms with Gasteiger partial charge >= 0.3 is 12.3 Å². The fourth-order valence-corrected chi connectivity index (χ4v) is 1.75. The molecule has 0 spiro atoms. The van der Waals surface area contributed by atoms with E-state index in [1.54, 1.807) is 0 Å². The molecule has 0 aromatic rings. The summed E-state index contributed by atoms with van der Waals surface area (Å²) in [6.07, 6.45) is -1.86. The second-order valence-electron chi connectivity index (χ2n) is 4.20. The number of amides is 1. The van der Waals surface area contributed by atoms with E-state index in [1.807, 2.05) is 4.90 Å². The number of rotatable bonds is 5. The van der Waals surface area contributed by atoms with Gasteiger partial charge in [0.15, 0.2) is 0 Å². The normalized spacial score (nSPS) is 17.8. The Hall–Kier alpha value is -0.850. The van der Waals surface area contributed by atoms with Crippen molar-refractivity contribution < 1.29 is 22.4 Å². The lowest BCUT2D eigenvalue weighted by Crippen LogP contribution is -2.47. The zero-order valence-electron chi connectivity index (χ0n) is 9.63. The number of likely N-dealkylation sites (N-methyl/N-ethyl adjacent to an activating group) is 1. The third-order valence-corrected chi connectivity index (χ3v) is 2.86. The first-order valence-electron chi connectivity index (χ1n) is 5.49. The van der Waals surface area contributed by atoms with Gasteiger partial charge in [-0.05, 0) is 25.9 Å². The van der Waals surface area contributed by atoms with Gasteiger partial charge in [0, 0.05) is 20.1 Å². The third kappa shape index (κ3) is 3.55. The summed E-state index contributed by atoms with van der Waals surface area (Å²) in [5.41, 5.74) is 0. The predicted octanol–water partition coefficient (Wildman–Crippen LogP) is 1.44. The predicted molar refractivity (Wildman–Crippen MR) is 54.3 cm³/mol. The van der Waals surface area contributed by atoms with Crippen molar-refractivity contribution in [2.24, 2.45) is 0 Å².